The zero-order chi connectivity index (χ0) is 14.4. The van der Waals surface area contributed by atoms with Crippen LogP contribution in [0.15, 0.2) is 17.0 Å². The first-order valence-electron chi connectivity index (χ1n) is 5.80. The summed E-state index contributed by atoms with van der Waals surface area (Å²) in [6.07, 6.45) is 1.98. The fourth-order valence-electron chi connectivity index (χ4n) is 1.72. The zero-order valence-corrected chi connectivity index (χ0v) is 13.8. The summed E-state index contributed by atoms with van der Waals surface area (Å²) in [5.74, 6) is 1.24. The van der Waals surface area contributed by atoms with Gasteiger partial charge >= 0.3 is 0 Å². The van der Waals surface area contributed by atoms with E-state index in [1.165, 1.54) is 0 Å². The Morgan fingerprint density at radius 3 is 2.30 bits per heavy atom. The zero-order valence-electron chi connectivity index (χ0n) is 12.1. The van der Waals surface area contributed by atoms with Crippen LogP contribution in [0.1, 0.15) is 5.56 Å². The number of carbonyl (C=O) groups excluding carboxylic acids is 1. The van der Waals surface area contributed by atoms with Crippen LogP contribution >= 0.6 is 24.2 Å². The van der Waals surface area contributed by atoms with E-state index in [4.69, 9.17) is 15.2 Å². The average molecular weight is 321 g/mol. The lowest BCUT2D eigenvalue weighted by atomic mass is 10.2. The molecule has 0 aliphatic carbocycles. The number of likely N-dealkylation sites (N-methyl/N-ethyl adjacent to an activating group) is 1. The number of nitrogens with zero attached hydrogens (tertiary/aromatic N) is 1. The van der Waals surface area contributed by atoms with E-state index in [0.29, 0.717) is 18.0 Å². The fraction of sp³-hybridized carbons (Fsp3) is 0.462. The van der Waals surface area contributed by atoms with Gasteiger partial charge in [-0.3, -0.25) is 4.79 Å². The summed E-state index contributed by atoms with van der Waals surface area (Å²) < 4.78 is 10.6. The minimum Gasteiger partial charge on any atom is -0.493 e. The maximum Gasteiger partial charge on any atom is 0.236 e. The van der Waals surface area contributed by atoms with E-state index in [9.17, 15) is 4.79 Å². The minimum atomic E-state index is -0.0955. The van der Waals surface area contributed by atoms with Gasteiger partial charge in [0.25, 0.3) is 0 Å². The molecule has 114 valence electrons. The molecule has 1 amide bonds. The summed E-state index contributed by atoms with van der Waals surface area (Å²) in [5, 5.41) is 0. The molecule has 0 radical (unpaired) electrons. The summed E-state index contributed by atoms with van der Waals surface area (Å²) in [6.45, 7) is 0.505. The Kier molecular flexibility index (Phi) is 8.45. The highest BCUT2D eigenvalue weighted by atomic mass is 35.5. The maximum atomic E-state index is 11.5. The molecule has 0 heterocycles. The molecule has 7 heteroatoms. The van der Waals surface area contributed by atoms with Crippen LogP contribution in [0, 0.1) is 0 Å². The molecular formula is C13H21ClN2O3S. The van der Waals surface area contributed by atoms with Crippen LogP contribution in [0.5, 0.6) is 11.5 Å². The number of methoxy groups -OCH3 is 2. The first-order chi connectivity index (χ1) is 9.07. The van der Waals surface area contributed by atoms with Crippen LogP contribution in [-0.2, 0) is 11.3 Å². The average Bonchev–Trinajstić information content (AvgIpc) is 2.45. The second-order valence-electron chi connectivity index (χ2n) is 3.97. The van der Waals surface area contributed by atoms with Crippen LogP contribution < -0.4 is 15.2 Å². The second-order valence-corrected chi connectivity index (χ2v) is 4.82. The van der Waals surface area contributed by atoms with Crippen molar-refractivity contribution in [2.24, 2.45) is 5.73 Å². The van der Waals surface area contributed by atoms with Gasteiger partial charge in [-0.1, -0.05) is 0 Å². The van der Waals surface area contributed by atoms with Crippen molar-refractivity contribution in [2.45, 2.75) is 11.4 Å². The van der Waals surface area contributed by atoms with Crippen LogP contribution in [0.2, 0.25) is 0 Å². The lowest BCUT2D eigenvalue weighted by molar-refractivity contribution is -0.128. The third-order valence-electron chi connectivity index (χ3n) is 2.79. The standard InChI is InChI=1S/C13H20N2O3S.ClH/c1-15(13(16)7-14)8-9-5-10(17-2)11(18-3)6-12(9)19-4;/h5-6H,7-8,14H2,1-4H3;1H. The number of amides is 1. The quantitative estimate of drug-likeness (QED) is 0.809. The molecule has 1 aromatic carbocycles. The van der Waals surface area contributed by atoms with Gasteiger partial charge in [-0.2, -0.15) is 0 Å². The van der Waals surface area contributed by atoms with E-state index in [-0.39, 0.29) is 24.9 Å². The third-order valence-corrected chi connectivity index (χ3v) is 3.61. The molecule has 2 N–H and O–H groups in total. The summed E-state index contributed by atoms with van der Waals surface area (Å²) >= 11 is 1.60. The Morgan fingerprint density at radius 2 is 1.85 bits per heavy atom. The molecule has 5 nitrogen and oxygen atoms in total. The summed E-state index contributed by atoms with van der Waals surface area (Å²) in [7, 11) is 4.93. The number of thioether (sulfide) groups is 1. The molecule has 0 aliphatic heterocycles. The molecule has 0 unspecified atom stereocenters. The van der Waals surface area contributed by atoms with Gasteiger partial charge in [0, 0.05) is 18.5 Å². The van der Waals surface area contributed by atoms with E-state index in [2.05, 4.69) is 0 Å². The number of hydrogen-bond donors (Lipinski definition) is 1. The van der Waals surface area contributed by atoms with Crippen molar-refractivity contribution in [3.63, 3.8) is 0 Å². The highest BCUT2D eigenvalue weighted by Crippen LogP contribution is 2.34. The van der Waals surface area contributed by atoms with Crippen LogP contribution in [0.3, 0.4) is 0 Å². The number of benzene rings is 1. The van der Waals surface area contributed by atoms with Gasteiger partial charge in [-0.05, 0) is 24.0 Å². The van der Waals surface area contributed by atoms with Crippen molar-refractivity contribution in [1.29, 1.82) is 0 Å². The van der Waals surface area contributed by atoms with E-state index in [0.717, 1.165) is 10.5 Å². The van der Waals surface area contributed by atoms with Crippen LogP contribution in [0.25, 0.3) is 0 Å². The maximum absolute atomic E-state index is 11.5. The molecule has 1 rings (SSSR count). The van der Waals surface area contributed by atoms with Gasteiger partial charge in [0.2, 0.25) is 5.91 Å². The van der Waals surface area contributed by atoms with Crippen molar-refractivity contribution in [1.82, 2.24) is 4.90 Å². The van der Waals surface area contributed by atoms with Gasteiger partial charge in [-0.25, -0.2) is 0 Å². The highest BCUT2D eigenvalue weighted by Gasteiger charge is 2.14. The molecule has 0 saturated carbocycles. The fourth-order valence-corrected chi connectivity index (χ4v) is 2.33. The normalized spacial score (nSPS) is 9.65. The molecule has 0 aromatic heterocycles. The van der Waals surface area contributed by atoms with Gasteiger partial charge in [-0.15, -0.1) is 24.2 Å². The van der Waals surface area contributed by atoms with Gasteiger partial charge in [0.15, 0.2) is 11.5 Å². The summed E-state index contributed by atoms with van der Waals surface area (Å²) in [6, 6.07) is 3.81. The number of nitrogens with two attached hydrogens (primary N) is 1. The van der Waals surface area contributed by atoms with Crippen molar-refractivity contribution < 1.29 is 14.3 Å². The van der Waals surface area contributed by atoms with Gasteiger partial charge < -0.3 is 20.1 Å². The van der Waals surface area contributed by atoms with E-state index >= 15 is 0 Å². The van der Waals surface area contributed by atoms with Crippen LogP contribution in [0.4, 0.5) is 0 Å². The largest absolute Gasteiger partial charge is 0.493 e. The van der Waals surface area contributed by atoms with E-state index in [1.807, 2.05) is 18.4 Å². The van der Waals surface area contributed by atoms with E-state index in [1.54, 1.807) is 37.9 Å². The number of carbonyl (C=O) groups is 1. The summed E-state index contributed by atoms with van der Waals surface area (Å²) in [5.41, 5.74) is 6.37. The lowest BCUT2D eigenvalue weighted by Gasteiger charge is -2.19. The molecule has 0 aliphatic rings. The third kappa shape index (κ3) is 4.47. The van der Waals surface area contributed by atoms with E-state index < -0.39 is 0 Å². The Morgan fingerprint density at radius 1 is 1.30 bits per heavy atom. The molecule has 20 heavy (non-hydrogen) atoms. The Bertz CT molecular complexity index is 457. The number of halogens is 1. The molecule has 0 spiro atoms. The van der Waals surface area contributed by atoms with Gasteiger partial charge in [0.1, 0.15) is 0 Å². The second kappa shape index (κ2) is 8.94. The smallest absolute Gasteiger partial charge is 0.236 e. The summed E-state index contributed by atoms with van der Waals surface area (Å²) in [4.78, 5) is 14.2. The van der Waals surface area contributed by atoms with Crippen molar-refractivity contribution in [2.75, 3.05) is 34.1 Å². The number of hydrogen-bond acceptors (Lipinski definition) is 5. The van der Waals surface area contributed by atoms with Crippen molar-refractivity contribution in [3.8, 4) is 11.5 Å². The first kappa shape index (κ1) is 18.9. The molecule has 0 saturated heterocycles. The predicted molar refractivity (Wildman–Crippen MR) is 84.1 cm³/mol. The monoisotopic (exact) mass is 320 g/mol. The van der Waals surface area contributed by atoms with Crippen molar-refractivity contribution in [3.05, 3.63) is 17.7 Å². The van der Waals surface area contributed by atoms with Crippen LogP contribution in [-0.4, -0.2) is 44.9 Å². The molecular weight excluding hydrogens is 300 g/mol. The Hall–Kier alpha value is -1.11. The molecule has 0 atom stereocenters. The predicted octanol–water partition coefficient (Wildman–Crippen LogP) is 1.76. The Labute approximate surface area is 130 Å². The first-order valence-corrected chi connectivity index (χ1v) is 7.02. The topological polar surface area (TPSA) is 64.8 Å². The number of rotatable bonds is 6. The highest BCUT2D eigenvalue weighted by molar-refractivity contribution is 7.98. The Balaban J connectivity index is 0.00000361. The van der Waals surface area contributed by atoms with Gasteiger partial charge in [0.05, 0.1) is 20.8 Å². The lowest BCUT2D eigenvalue weighted by Crippen LogP contribution is -2.32. The molecule has 1 aromatic rings. The SMILES string of the molecule is COc1cc(CN(C)C(=O)CN)c(SC)cc1OC.Cl. The minimum absolute atomic E-state index is 0. The molecule has 0 bridgehead atoms. The van der Waals surface area contributed by atoms with Crippen molar-refractivity contribution >= 4 is 30.1 Å². The molecule has 0 fully saturated rings. The number of ether oxygens (including phenoxy) is 2.